The van der Waals surface area contributed by atoms with Crippen molar-refractivity contribution in [2.75, 3.05) is 17.4 Å². The van der Waals surface area contributed by atoms with Gasteiger partial charge in [-0.2, -0.15) is 0 Å². The van der Waals surface area contributed by atoms with Crippen LogP contribution >= 0.6 is 11.6 Å². The summed E-state index contributed by atoms with van der Waals surface area (Å²) >= 11 is 6.03. The molecule has 0 aromatic heterocycles. The summed E-state index contributed by atoms with van der Waals surface area (Å²) in [5.74, 6) is -0.781. The zero-order chi connectivity index (χ0) is 27.0. The monoisotopic (exact) mass is 541 g/mol. The molecule has 3 aromatic carbocycles. The Morgan fingerprint density at radius 2 is 1.54 bits per heavy atom. The van der Waals surface area contributed by atoms with E-state index >= 15 is 0 Å². The third kappa shape index (κ3) is 6.90. The molecule has 1 atom stereocenters. The zero-order valence-corrected chi connectivity index (χ0v) is 22.8. The summed E-state index contributed by atoms with van der Waals surface area (Å²) in [7, 11) is -4.08. The van der Waals surface area contributed by atoms with Crippen molar-refractivity contribution in [3.8, 4) is 0 Å². The molecule has 0 aliphatic heterocycles. The number of hydrogen-bond donors (Lipinski definition) is 1. The molecule has 2 amide bonds. The van der Waals surface area contributed by atoms with Crippen LogP contribution in [0, 0.1) is 6.92 Å². The molecule has 3 rings (SSSR count). The lowest BCUT2D eigenvalue weighted by atomic mass is 10.1. The number of rotatable bonds is 11. The van der Waals surface area contributed by atoms with Crippen LogP contribution in [0.2, 0.25) is 5.02 Å². The average molecular weight is 542 g/mol. The molecule has 37 heavy (non-hydrogen) atoms. The number of likely N-dealkylation sites (N-methyl/N-ethyl adjacent to an activating group) is 1. The van der Waals surface area contributed by atoms with Gasteiger partial charge in [-0.15, -0.1) is 0 Å². The van der Waals surface area contributed by atoms with Crippen molar-refractivity contribution in [3.05, 3.63) is 95.0 Å². The second-order valence-corrected chi connectivity index (χ2v) is 10.9. The first-order chi connectivity index (χ1) is 17.7. The van der Waals surface area contributed by atoms with E-state index in [4.69, 9.17) is 11.6 Å². The normalized spacial score (nSPS) is 12.0. The molecular weight excluding hydrogens is 510 g/mol. The minimum atomic E-state index is -4.08. The van der Waals surface area contributed by atoms with Crippen LogP contribution in [0.1, 0.15) is 31.4 Å². The Morgan fingerprint density at radius 3 is 2.14 bits per heavy atom. The third-order valence-corrected chi connectivity index (χ3v) is 8.02. The molecule has 0 saturated heterocycles. The number of halogens is 1. The molecule has 7 nitrogen and oxygen atoms in total. The summed E-state index contributed by atoms with van der Waals surface area (Å²) in [5.41, 5.74) is 1.88. The van der Waals surface area contributed by atoms with E-state index in [1.165, 1.54) is 17.0 Å². The predicted molar refractivity (Wildman–Crippen MR) is 147 cm³/mol. The van der Waals surface area contributed by atoms with Gasteiger partial charge in [0.1, 0.15) is 12.6 Å². The molecule has 196 valence electrons. The van der Waals surface area contributed by atoms with Gasteiger partial charge in [-0.05, 0) is 61.7 Å². The smallest absolute Gasteiger partial charge is 0.264 e. The van der Waals surface area contributed by atoms with Crippen LogP contribution in [0.25, 0.3) is 0 Å². The van der Waals surface area contributed by atoms with Gasteiger partial charge >= 0.3 is 0 Å². The Bertz CT molecular complexity index is 1310. The standard InChI is InChI=1S/C28H32ClN3O4S/c1-4-25(28(34)30-5-2)31(19-22-15-17-23(29)18-16-22)27(33)20-32(26-14-10-9-11-21(26)3)37(35,36)24-12-7-6-8-13-24/h6-18,25H,4-5,19-20H2,1-3H3,(H,30,34)/t25-/m1/s1. The lowest BCUT2D eigenvalue weighted by molar-refractivity contribution is -0.140. The lowest BCUT2D eigenvalue weighted by Gasteiger charge is -2.33. The Labute approximate surface area is 224 Å². The van der Waals surface area contributed by atoms with Crippen molar-refractivity contribution >= 4 is 39.1 Å². The third-order valence-electron chi connectivity index (χ3n) is 6.00. The Balaban J connectivity index is 2.05. The minimum Gasteiger partial charge on any atom is -0.355 e. The average Bonchev–Trinajstić information content (AvgIpc) is 2.89. The number of sulfonamides is 1. The maximum atomic E-state index is 13.9. The van der Waals surface area contributed by atoms with Crippen molar-refractivity contribution in [1.29, 1.82) is 0 Å². The fourth-order valence-corrected chi connectivity index (χ4v) is 5.70. The molecule has 9 heteroatoms. The van der Waals surface area contributed by atoms with Crippen molar-refractivity contribution in [3.63, 3.8) is 0 Å². The van der Waals surface area contributed by atoms with E-state index in [2.05, 4.69) is 5.32 Å². The van der Waals surface area contributed by atoms with Crippen LogP contribution in [0.4, 0.5) is 5.69 Å². The highest BCUT2D eigenvalue weighted by molar-refractivity contribution is 7.92. The van der Waals surface area contributed by atoms with Gasteiger partial charge in [0, 0.05) is 18.1 Å². The van der Waals surface area contributed by atoms with Gasteiger partial charge in [-0.1, -0.05) is 67.1 Å². The summed E-state index contributed by atoms with van der Waals surface area (Å²) < 4.78 is 28.7. The number of amides is 2. The first-order valence-electron chi connectivity index (χ1n) is 12.1. The molecule has 0 heterocycles. The van der Waals surface area contributed by atoms with E-state index in [-0.39, 0.29) is 17.3 Å². The van der Waals surface area contributed by atoms with Crippen molar-refractivity contribution < 1.29 is 18.0 Å². The van der Waals surface area contributed by atoms with Crippen molar-refractivity contribution in [2.45, 2.75) is 44.7 Å². The Morgan fingerprint density at radius 1 is 0.919 bits per heavy atom. The molecule has 0 bridgehead atoms. The van der Waals surface area contributed by atoms with Crippen LogP contribution in [0.5, 0.6) is 0 Å². The minimum absolute atomic E-state index is 0.0751. The van der Waals surface area contributed by atoms with Crippen molar-refractivity contribution in [1.82, 2.24) is 10.2 Å². The molecule has 1 N–H and O–H groups in total. The van der Waals surface area contributed by atoms with Crippen LogP contribution < -0.4 is 9.62 Å². The van der Waals surface area contributed by atoms with Gasteiger partial charge < -0.3 is 10.2 Å². The Kier molecular flexibility index (Phi) is 9.72. The SMILES string of the molecule is CCNC(=O)[C@@H](CC)N(Cc1ccc(Cl)cc1)C(=O)CN(c1ccccc1C)S(=O)(=O)c1ccccc1. The van der Waals surface area contributed by atoms with Crippen molar-refractivity contribution in [2.24, 2.45) is 0 Å². The van der Waals surface area contributed by atoms with E-state index in [1.54, 1.807) is 67.6 Å². The molecule has 0 fully saturated rings. The number of aryl methyl sites for hydroxylation is 1. The number of anilines is 1. The number of benzene rings is 3. The molecule has 0 unspecified atom stereocenters. The van der Waals surface area contributed by atoms with Gasteiger partial charge in [0.15, 0.2) is 0 Å². The van der Waals surface area contributed by atoms with E-state index in [1.807, 2.05) is 19.9 Å². The summed E-state index contributed by atoms with van der Waals surface area (Å²) in [5, 5.41) is 3.34. The molecule has 0 aliphatic carbocycles. The summed E-state index contributed by atoms with van der Waals surface area (Å²) in [6.45, 7) is 5.49. The number of carbonyl (C=O) groups is 2. The maximum absolute atomic E-state index is 13.9. The topological polar surface area (TPSA) is 86.8 Å². The van der Waals surface area contributed by atoms with Crippen LogP contribution in [-0.4, -0.2) is 44.3 Å². The van der Waals surface area contributed by atoms with E-state index in [9.17, 15) is 18.0 Å². The quantitative estimate of drug-likeness (QED) is 0.378. The molecule has 0 radical (unpaired) electrons. The summed E-state index contributed by atoms with van der Waals surface area (Å²) in [6, 6.07) is 21.2. The highest BCUT2D eigenvalue weighted by Gasteiger charge is 2.33. The van der Waals surface area contributed by atoms with E-state index in [0.717, 1.165) is 9.87 Å². The Hall–Kier alpha value is -3.36. The van der Waals surface area contributed by atoms with Crippen LogP contribution in [0.3, 0.4) is 0 Å². The largest absolute Gasteiger partial charge is 0.355 e. The zero-order valence-electron chi connectivity index (χ0n) is 21.2. The van der Waals surface area contributed by atoms with Crippen LogP contribution in [-0.2, 0) is 26.2 Å². The van der Waals surface area contributed by atoms with Gasteiger partial charge in [0.05, 0.1) is 10.6 Å². The molecule has 0 saturated carbocycles. The molecule has 3 aromatic rings. The fraction of sp³-hybridized carbons (Fsp3) is 0.286. The highest BCUT2D eigenvalue weighted by atomic mass is 35.5. The first kappa shape index (κ1) is 28.2. The van der Waals surface area contributed by atoms with E-state index in [0.29, 0.717) is 29.2 Å². The summed E-state index contributed by atoms with van der Waals surface area (Å²) in [4.78, 5) is 28.4. The van der Waals surface area contributed by atoms with Gasteiger partial charge in [-0.25, -0.2) is 8.42 Å². The molecule has 0 aliphatic rings. The number of para-hydroxylation sites is 1. The lowest BCUT2D eigenvalue weighted by Crippen LogP contribution is -2.52. The van der Waals surface area contributed by atoms with Gasteiger partial charge in [0.2, 0.25) is 11.8 Å². The number of nitrogens with zero attached hydrogens (tertiary/aromatic N) is 2. The second kappa shape index (κ2) is 12.7. The first-order valence-corrected chi connectivity index (χ1v) is 14.0. The summed E-state index contributed by atoms with van der Waals surface area (Å²) in [6.07, 6.45) is 0.362. The van der Waals surface area contributed by atoms with Gasteiger partial charge in [0.25, 0.3) is 10.0 Å². The molecular formula is C28H32ClN3O4S. The van der Waals surface area contributed by atoms with E-state index < -0.39 is 28.5 Å². The van der Waals surface area contributed by atoms with Gasteiger partial charge in [-0.3, -0.25) is 13.9 Å². The fourth-order valence-electron chi connectivity index (χ4n) is 4.07. The van der Waals surface area contributed by atoms with Crippen LogP contribution in [0.15, 0.2) is 83.8 Å². The molecule has 0 spiro atoms. The highest BCUT2D eigenvalue weighted by Crippen LogP contribution is 2.27. The number of hydrogen-bond acceptors (Lipinski definition) is 4. The number of nitrogens with one attached hydrogen (secondary N) is 1. The predicted octanol–water partition coefficient (Wildman–Crippen LogP) is 4.79. The number of carbonyl (C=O) groups excluding carboxylic acids is 2. The second-order valence-electron chi connectivity index (χ2n) is 8.58. The maximum Gasteiger partial charge on any atom is 0.264 e.